The minimum atomic E-state index is 0.949. The number of aromatic nitrogens is 1. The minimum absolute atomic E-state index is 0.949. The average molecular weight is 414 g/mol. The Hall–Kier alpha value is -2.53. The van der Waals surface area contributed by atoms with Crippen LogP contribution in [0.5, 0.6) is 0 Å². The summed E-state index contributed by atoms with van der Waals surface area (Å²) in [7, 11) is 0. The van der Waals surface area contributed by atoms with Crippen molar-refractivity contribution in [1.29, 1.82) is 0 Å². The molecule has 1 aliphatic heterocycles. The van der Waals surface area contributed by atoms with E-state index in [1.165, 1.54) is 33.2 Å². The van der Waals surface area contributed by atoms with E-state index in [0.717, 1.165) is 44.3 Å². The summed E-state index contributed by atoms with van der Waals surface area (Å²) in [5, 5.41) is 6.06. The number of rotatable bonds is 5. The van der Waals surface area contributed by atoms with E-state index in [1.54, 1.807) is 11.3 Å². The Bertz CT molecular complexity index is 1120. The van der Waals surface area contributed by atoms with Gasteiger partial charge in [0, 0.05) is 50.2 Å². The lowest BCUT2D eigenvalue weighted by Crippen LogP contribution is -2.45. The van der Waals surface area contributed by atoms with Gasteiger partial charge in [0.15, 0.2) is 0 Å². The van der Waals surface area contributed by atoms with Gasteiger partial charge in [-0.3, -0.25) is 9.80 Å². The largest absolute Gasteiger partial charge is 0.297 e. The molecule has 0 aliphatic carbocycles. The summed E-state index contributed by atoms with van der Waals surface area (Å²) in [6, 6.07) is 24.0. The van der Waals surface area contributed by atoms with E-state index in [4.69, 9.17) is 4.98 Å². The second kappa shape index (κ2) is 8.68. The molecule has 0 saturated carbocycles. The fourth-order valence-corrected chi connectivity index (χ4v) is 5.03. The normalized spacial score (nSPS) is 15.6. The third-order valence-corrected chi connectivity index (χ3v) is 6.91. The van der Waals surface area contributed by atoms with Crippen LogP contribution in [0, 0.1) is 6.92 Å². The highest BCUT2D eigenvalue weighted by Crippen LogP contribution is 2.25. The van der Waals surface area contributed by atoms with Crippen LogP contribution in [0.1, 0.15) is 16.8 Å². The maximum absolute atomic E-state index is 4.89. The van der Waals surface area contributed by atoms with Gasteiger partial charge in [0.05, 0.1) is 5.69 Å². The lowest BCUT2D eigenvalue weighted by molar-refractivity contribution is 0.121. The molecule has 2 heterocycles. The Morgan fingerprint density at radius 2 is 1.50 bits per heavy atom. The van der Waals surface area contributed by atoms with Gasteiger partial charge in [0.25, 0.3) is 0 Å². The first kappa shape index (κ1) is 19.4. The van der Waals surface area contributed by atoms with E-state index in [1.807, 2.05) is 0 Å². The Morgan fingerprint density at radius 3 is 2.30 bits per heavy atom. The molecule has 4 aromatic rings. The number of nitrogens with zero attached hydrogens (tertiary/aromatic N) is 3. The van der Waals surface area contributed by atoms with E-state index >= 15 is 0 Å². The van der Waals surface area contributed by atoms with Gasteiger partial charge in [-0.25, -0.2) is 4.98 Å². The average Bonchev–Trinajstić information content (AvgIpc) is 3.24. The quantitative estimate of drug-likeness (QED) is 0.425. The molecule has 1 aromatic heterocycles. The number of piperazine rings is 1. The van der Waals surface area contributed by atoms with Crippen LogP contribution in [-0.4, -0.2) is 41.0 Å². The molecule has 1 saturated heterocycles. The van der Waals surface area contributed by atoms with Gasteiger partial charge in [-0.05, 0) is 23.3 Å². The predicted octanol–water partition coefficient (Wildman–Crippen LogP) is 5.59. The predicted molar refractivity (Wildman–Crippen MR) is 127 cm³/mol. The SMILES string of the molecule is Cc1ccc(-c2nc(CN3CCN(Cc4cccc5ccccc45)CC3)cs2)cc1. The standard InChI is InChI=1S/C26H27N3S/c1-20-9-11-22(12-10-20)26-27-24(19-30-26)18-29-15-13-28(14-16-29)17-23-7-4-6-21-5-2-3-8-25(21)23/h2-12,19H,13-18H2,1H3. The summed E-state index contributed by atoms with van der Waals surface area (Å²) < 4.78 is 0. The van der Waals surface area contributed by atoms with Gasteiger partial charge in [0.1, 0.15) is 5.01 Å². The van der Waals surface area contributed by atoms with Crippen LogP contribution in [0.2, 0.25) is 0 Å². The molecule has 3 nitrogen and oxygen atoms in total. The van der Waals surface area contributed by atoms with Crippen molar-refractivity contribution in [2.24, 2.45) is 0 Å². The number of hydrogen-bond acceptors (Lipinski definition) is 4. The van der Waals surface area contributed by atoms with Crippen molar-refractivity contribution in [1.82, 2.24) is 14.8 Å². The van der Waals surface area contributed by atoms with Crippen LogP contribution in [0.3, 0.4) is 0 Å². The van der Waals surface area contributed by atoms with Crippen molar-refractivity contribution in [3.63, 3.8) is 0 Å². The molecule has 1 aliphatic rings. The van der Waals surface area contributed by atoms with Gasteiger partial charge >= 0.3 is 0 Å². The zero-order valence-corrected chi connectivity index (χ0v) is 18.2. The molecule has 0 bridgehead atoms. The van der Waals surface area contributed by atoms with E-state index in [2.05, 4.69) is 88.8 Å². The van der Waals surface area contributed by atoms with Gasteiger partial charge < -0.3 is 0 Å². The summed E-state index contributed by atoms with van der Waals surface area (Å²) in [6.07, 6.45) is 0. The van der Waals surface area contributed by atoms with Gasteiger partial charge in [-0.1, -0.05) is 72.3 Å². The molecule has 0 radical (unpaired) electrons. The summed E-state index contributed by atoms with van der Waals surface area (Å²) in [5.74, 6) is 0. The van der Waals surface area contributed by atoms with Gasteiger partial charge in [0.2, 0.25) is 0 Å². The Labute approximate surface area is 182 Å². The Kier molecular flexibility index (Phi) is 5.63. The van der Waals surface area contributed by atoms with Crippen molar-refractivity contribution in [2.75, 3.05) is 26.2 Å². The number of hydrogen-bond donors (Lipinski definition) is 0. The molecular weight excluding hydrogens is 386 g/mol. The van der Waals surface area contributed by atoms with Crippen LogP contribution in [0.4, 0.5) is 0 Å². The summed E-state index contributed by atoms with van der Waals surface area (Å²) in [5.41, 5.74) is 5.13. The number of aryl methyl sites for hydroxylation is 1. The van der Waals surface area contributed by atoms with Crippen LogP contribution in [-0.2, 0) is 13.1 Å². The highest BCUT2D eigenvalue weighted by Gasteiger charge is 2.18. The molecule has 0 amide bonds. The Balaban J connectivity index is 1.18. The number of thiazole rings is 1. The first-order valence-corrected chi connectivity index (χ1v) is 11.6. The molecular formula is C26H27N3S. The first-order chi connectivity index (χ1) is 14.7. The van der Waals surface area contributed by atoms with Crippen LogP contribution < -0.4 is 0 Å². The number of fused-ring (bicyclic) bond motifs is 1. The minimum Gasteiger partial charge on any atom is -0.297 e. The second-order valence-corrected chi connectivity index (χ2v) is 9.06. The lowest BCUT2D eigenvalue weighted by Gasteiger charge is -2.34. The summed E-state index contributed by atoms with van der Waals surface area (Å²) >= 11 is 1.75. The molecule has 0 N–H and O–H groups in total. The first-order valence-electron chi connectivity index (χ1n) is 10.7. The zero-order chi connectivity index (χ0) is 20.3. The third kappa shape index (κ3) is 4.31. The third-order valence-electron chi connectivity index (χ3n) is 5.97. The van der Waals surface area contributed by atoms with Gasteiger partial charge in [-0.15, -0.1) is 11.3 Å². The van der Waals surface area contributed by atoms with E-state index in [0.29, 0.717) is 0 Å². The second-order valence-electron chi connectivity index (χ2n) is 8.20. The molecule has 30 heavy (non-hydrogen) atoms. The van der Waals surface area contributed by atoms with E-state index in [9.17, 15) is 0 Å². The van der Waals surface area contributed by atoms with Crippen LogP contribution in [0.25, 0.3) is 21.3 Å². The van der Waals surface area contributed by atoms with Gasteiger partial charge in [-0.2, -0.15) is 0 Å². The summed E-state index contributed by atoms with van der Waals surface area (Å²) in [6.45, 7) is 8.52. The fourth-order valence-electron chi connectivity index (χ4n) is 4.21. The maximum atomic E-state index is 4.89. The Morgan fingerprint density at radius 1 is 0.800 bits per heavy atom. The molecule has 152 valence electrons. The summed E-state index contributed by atoms with van der Waals surface area (Å²) in [4.78, 5) is 10.0. The number of benzene rings is 3. The van der Waals surface area contributed by atoms with E-state index < -0.39 is 0 Å². The highest BCUT2D eigenvalue weighted by atomic mass is 32.1. The van der Waals surface area contributed by atoms with Crippen molar-refractivity contribution >= 4 is 22.1 Å². The van der Waals surface area contributed by atoms with Crippen molar-refractivity contribution in [2.45, 2.75) is 20.0 Å². The van der Waals surface area contributed by atoms with Crippen molar-refractivity contribution in [3.8, 4) is 10.6 Å². The van der Waals surface area contributed by atoms with Crippen LogP contribution in [0.15, 0.2) is 72.1 Å². The molecule has 3 aromatic carbocycles. The molecule has 4 heteroatoms. The monoisotopic (exact) mass is 413 g/mol. The molecule has 1 fully saturated rings. The molecule has 0 unspecified atom stereocenters. The van der Waals surface area contributed by atoms with Crippen LogP contribution >= 0.6 is 11.3 Å². The van der Waals surface area contributed by atoms with Crippen molar-refractivity contribution < 1.29 is 0 Å². The lowest BCUT2D eigenvalue weighted by atomic mass is 10.0. The molecule has 5 rings (SSSR count). The van der Waals surface area contributed by atoms with Crippen molar-refractivity contribution in [3.05, 3.63) is 88.9 Å². The zero-order valence-electron chi connectivity index (χ0n) is 17.4. The smallest absolute Gasteiger partial charge is 0.123 e. The maximum Gasteiger partial charge on any atom is 0.123 e. The molecule has 0 spiro atoms. The van der Waals surface area contributed by atoms with E-state index in [-0.39, 0.29) is 0 Å². The topological polar surface area (TPSA) is 19.4 Å². The molecule has 0 atom stereocenters. The fraction of sp³-hybridized carbons (Fsp3) is 0.269. The highest BCUT2D eigenvalue weighted by molar-refractivity contribution is 7.13.